The first-order valence-corrected chi connectivity index (χ1v) is 18.3. The molecule has 0 aromatic carbocycles. The first kappa shape index (κ1) is 36.3. The normalized spacial score (nSPS) is 49.2. The molecule has 13 heteroatoms. The minimum atomic E-state index is -1.22. The van der Waals surface area contributed by atoms with E-state index in [0.717, 1.165) is 37.7 Å². The number of aliphatic hydroxyl groups is 3. The standard InChI is InChI=1S/C33H55B5O7S/c1-5-16(3)27(42)44-15-29-14-23(45-28(43)17(4)6-2)32(37,46)13-20(29)18-7-8-22-30(35)11-10-21(39)24(34)19(30)9-12-31(22,36)33(18,38)26(41)25(29)40/h6-7,16,19-26,39-41,46H,5,8-15,34-38H2,1-4H3/b17-6-/t16?,19?,20?,21-,22?,23-,24+,25+,26-,29+,30+,31-,32+,33+/m0/s1. The summed E-state index contributed by atoms with van der Waals surface area (Å²) in [5.41, 5.74) is 0.561. The molecule has 4 saturated carbocycles. The van der Waals surface area contributed by atoms with Crippen LogP contribution in [-0.2, 0) is 19.1 Å². The van der Waals surface area contributed by atoms with Crippen LogP contribution in [0.15, 0.2) is 23.3 Å². The minimum Gasteiger partial charge on any atom is -0.465 e. The number of hydrogen-bond acceptors (Lipinski definition) is 8. The van der Waals surface area contributed by atoms with Gasteiger partial charge in [-0.3, -0.25) is 4.79 Å². The van der Waals surface area contributed by atoms with Gasteiger partial charge in [-0.25, -0.2) is 4.79 Å². The summed E-state index contributed by atoms with van der Waals surface area (Å²) in [4.78, 5) is 26.1. The van der Waals surface area contributed by atoms with Crippen molar-refractivity contribution in [3.63, 3.8) is 0 Å². The van der Waals surface area contributed by atoms with E-state index in [1.54, 1.807) is 19.9 Å². The van der Waals surface area contributed by atoms with Gasteiger partial charge in [0.1, 0.15) is 51.9 Å². The number of rotatable bonds is 6. The molecule has 4 unspecified atom stereocenters. The summed E-state index contributed by atoms with van der Waals surface area (Å²) >= 11 is 5.14. The van der Waals surface area contributed by atoms with Crippen molar-refractivity contribution in [3.8, 4) is 0 Å². The summed E-state index contributed by atoms with van der Waals surface area (Å²) in [6.07, 6.45) is 6.62. The lowest BCUT2D eigenvalue weighted by atomic mass is 9.22. The number of esters is 2. The second-order valence-electron chi connectivity index (χ2n) is 16.9. The van der Waals surface area contributed by atoms with E-state index in [1.165, 1.54) is 0 Å². The smallest absolute Gasteiger partial charge is 0.333 e. The molecule has 0 aromatic heterocycles. The minimum absolute atomic E-state index is 0.0102. The molecular weight excluding hydrogens is 594 g/mol. The summed E-state index contributed by atoms with van der Waals surface area (Å²) in [5, 5.41) is 34.9. The Kier molecular flexibility index (Phi) is 9.76. The molecule has 14 atom stereocenters. The summed E-state index contributed by atoms with van der Waals surface area (Å²) < 4.78 is 11.4. The topological polar surface area (TPSA) is 113 Å². The molecule has 7 nitrogen and oxygen atoms in total. The van der Waals surface area contributed by atoms with Crippen LogP contribution in [0.4, 0.5) is 0 Å². The van der Waals surface area contributed by atoms with Crippen molar-refractivity contribution in [2.75, 3.05) is 6.61 Å². The third kappa shape index (κ3) is 5.17. The maximum atomic E-state index is 13.1. The lowest BCUT2D eigenvalue weighted by Crippen LogP contribution is -2.70. The zero-order valence-electron chi connectivity index (χ0n) is 29.6. The molecule has 0 radical (unpaired) electrons. The molecule has 3 N–H and O–H groups in total. The van der Waals surface area contributed by atoms with Crippen LogP contribution in [-0.4, -0.2) is 102 Å². The predicted octanol–water partition coefficient (Wildman–Crippen LogP) is 0.153. The van der Waals surface area contributed by atoms with Crippen molar-refractivity contribution in [3.05, 3.63) is 23.3 Å². The third-order valence-corrected chi connectivity index (χ3v) is 15.4. The number of ether oxygens (including phenoxy) is 2. The molecule has 0 bridgehead atoms. The molecule has 0 saturated heterocycles. The van der Waals surface area contributed by atoms with Gasteiger partial charge in [-0.05, 0) is 74.8 Å². The molecule has 0 amide bonds. The van der Waals surface area contributed by atoms with Gasteiger partial charge >= 0.3 is 11.9 Å². The number of carbonyl (C=O) groups excluding carboxylic acids is 2. The molecule has 5 aliphatic rings. The van der Waals surface area contributed by atoms with Gasteiger partial charge in [0.05, 0.1) is 18.1 Å². The van der Waals surface area contributed by atoms with Gasteiger partial charge in [0.25, 0.3) is 0 Å². The van der Waals surface area contributed by atoms with E-state index in [0.29, 0.717) is 24.3 Å². The SMILES string of the molecule is B[C@@H]1C2CC[C@]3(B)C(CC=C4C5C[C@@](B)(S)[C@@H](OC(=O)/C(C)=C\C)C[C@]5(COC(=O)C(C)CC)[C@H](O)[C@H](O)[C@]43B)[C@@]2(B)CC[C@@H]1O. The Morgan fingerprint density at radius 2 is 1.78 bits per heavy atom. The number of thiol groups is 1. The van der Waals surface area contributed by atoms with Crippen molar-refractivity contribution < 1.29 is 34.4 Å². The fraction of sp³-hybridized carbons (Fsp3) is 0.818. The molecule has 250 valence electrons. The lowest BCUT2D eigenvalue weighted by Gasteiger charge is -2.73. The summed E-state index contributed by atoms with van der Waals surface area (Å²) in [6.45, 7) is 7.21. The molecule has 46 heavy (non-hydrogen) atoms. The monoisotopic (exact) mass is 650 g/mol. The molecular formula is C33H55B5O7S. The van der Waals surface area contributed by atoms with Crippen LogP contribution >= 0.6 is 12.6 Å². The van der Waals surface area contributed by atoms with Gasteiger partial charge in [-0.2, -0.15) is 12.6 Å². The number of aliphatic hydroxyl groups excluding tert-OH is 3. The highest BCUT2D eigenvalue weighted by molar-refractivity contribution is 7.83. The Hall–Kier alpha value is -1.03. The highest BCUT2D eigenvalue weighted by atomic mass is 32.1. The quantitative estimate of drug-likeness (QED) is 0.107. The molecule has 0 aliphatic heterocycles. The molecule has 0 heterocycles. The van der Waals surface area contributed by atoms with Gasteiger partial charge in [0, 0.05) is 21.7 Å². The van der Waals surface area contributed by atoms with Crippen molar-refractivity contribution >= 4 is 63.8 Å². The fourth-order valence-electron chi connectivity index (χ4n) is 11.2. The Balaban J connectivity index is 1.61. The first-order valence-electron chi connectivity index (χ1n) is 17.8. The van der Waals surface area contributed by atoms with E-state index in [2.05, 4.69) is 37.5 Å². The lowest BCUT2D eigenvalue weighted by molar-refractivity contribution is -0.199. The predicted molar refractivity (Wildman–Crippen MR) is 197 cm³/mol. The van der Waals surface area contributed by atoms with Crippen molar-refractivity contribution in [2.24, 2.45) is 29.1 Å². The Morgan fingerprint density at radius 1 is 1.11 bits per heavy atom. The number of carbonyl (C=O) groups is 2. The molecule has 5 rings (SSSR count). The van der Waals surface area contributed by atoms with Gasteiger partial charge in [0.15, 0.2) is 0 Å². The second-order valence-corrected chi connectivity index (χ2v) is 17.9. The van der Waals surface area contributed by atoms with E-state index < -0.39 is 39.7 Å². The maximum absolute atomic E-state index is 13.1. The third-order valence-electron chi connectivity index (χ3n) is 14.9. The number of hydrogen-bond donors (Lipinski definition) is 4. The van der Waals surface area contributed by atoms with Crippen molar-refractivity contribution in [2.45, 2.75) is 130 Å². The number of allylic oxidation sites excluding steroid dienone is 2. The van der Waals surface area contributed by atoms with Gasteiger partial charge in [-0.1, -0.05) is 61.5 Å². The highest BCUT2D eigenvalue weighted by Gasteiger charge is 2.72. The molecule has 0 aromatic rings. The van der Waals surface area contributed by atoms with Crippen LogP contribution in [0.3, 0.4) is 0 Å². The van der Waals surface area contributed by atoms with Crippen molar-refractivity contribution in [1.29, 1.82) is 0 Å². The fourth-order valence-corrected chi connectivity index (χ4v) is 11.5. The zero-order chi connectivity index (χ0) is 34.2. The average Bonchev–Trinajstić information content (AvgIpc) is 3.01. The van der Waals surface area contributed by atoms with Gasteiger partial charge in [-0.15, -0.1) is 0 Å². The Morgan fingerprint density at radius 3 is 2.41 bits per heavy atom. The van der Waals surface area contributed by atoms with Crippen LogP contribution < -0.4 is 0 Å². The Bertz CT molecular complexity index is 1300. The van der Waals surface area contributed by atoms with E-state index in [-0.39, 0.29) is 59.3 Å². The molecule has 5 aliphatic carbocycles. The average molecular weight is 650 g/mol. The van der Waals surface area contributed by atoms with Crippen LogP contribution in [0.2, 0.25) is 21.8 Å². The maximum Gasteiger partial charge on any atom is 0.333 e. The zero-order valence-corrected chi connectivity index (χ0v) is 30.5. The molecule has 4 fully saturated rings. The summed E-state index contributed by atoms with van der Waals surface area (Å²) in [6, 6.07) is 0. The largest absolute Gasteiger partial charge is 0.465 e. The number of fused-ring (bicyclic) bond motifs is 7. The van der Waals surface area contributed by atoms with E-state index >= 15 is 0 Å². The van der Waals surface area contributed by atoms with Crippen LogP contribution in [0.5, 0.6) is 0 Å². The first-order chi connectivity index (χ1) is 21.4. The Labute approximate surface area is 286 Å². The second kappa shape index (κ2) is 12.4. The molecule has 0 spiro atoms. The van der Waals surface area contributed by atoms with Gasteiger partial charge in [0.2, 0.25) is 0 Å². The summed E-state index contributed by atoms with van der Waals surface area (Å²) in [5.74, 6) is -0.379. The van der Waals surface area contributed by atoms with Crippen LogP contribution in [0.25, 0.3) is 0 Å². The van der Waals surface area contributed by atoms with E-state index in [9.17, 15) is 24.9 Å². The van der Waals surface area contributed by atoms with Crippen LogP contribution in [0.1, 0.15) is 79.1 Å². The van der Waals surface area contributed by atoms with Gasteiger partial charge < -0.3 is 24.8 Å². The van der Waals surface area contributed by atoms with E-state index in [4.69, 9.17) is 22.1 Å². The summed E-state index contributed by atoms with van der Waals surface area (Å²) in [7, 11) is 11.1. The van der Waals surface area contributed by atoms with Crippen LogP contribution in [0, 0.1) is 29.1 Å². The van der Waals surface area contributed by atoms with E-state index in [1.807, 2.05) is 21.7 Å². The van der Waals surface area contributed by atoms with Crippen molar-refractivity contribution in [1.82, 2.24) is 0 Å². The highest BCUT2D eigenvalue weighted by Crippen LogP contribution is 2.80.